The number of nitrogens with one attached hydrogen (secondary N) is 1. The van der Waals surface area contributed by atoms with E-state index >= 15 is 0 Å². The minimum atomic E-state index is -0.812. The Labute approximate surface area is 155 Å². The molecule has 0 radical (unpaired) electrons. The van der Waals surface area contributed by atoms with Gasteiger partial charge in [0.15, 0.2) is 0 Å². The monoisotopic (exact) mass is 364 g/mol. The summed E-state index contributed by atoms with van der Waals surface area (Å²) >= 11 is 0. The van der Waals surface area contributed by atoms with E-state index in [0.29, 0.717) is 31.0 Å². The first-order chi connectivity index (χ1) is 13.0. The summed E-state index contributed by atoms with van der Waals surface area (Å²) in [5.41, 5.74) is 2.64. The molecule has 1 aromatic carbocycles. The van der Waals surface area contributed by atoms with Crippen molar-refractivity contribution in [1.29, 1.82) is 0 Å². The number of hydrogen-bond acceptors (Lipinski definition) is 4. The number of aryl methyl sites for hydroxylation is 1. The van der Waals surface area contributed by atoms with Crippen molar-refractivity contribution in [3.63, 3.8) is 0 Å². The van der Waals surface area contributed by atoms with Gasteiger partial charge in [0.25, 0.3) is 11.5 Å². The molecule has 7 nitrogen and oxygen atoms in total. The molecule has 7 heteroatoms. The minimum Gasteiger partial charge on any atom is -0.382 e. The van der Waals surface area contributed by atoms with Gasteiger partial charge >= 0.3 is 0 Å². The van der Waals surface area contributed by atoms with E-state index in [4.69, 9.17) is 0 Å². The molecule has 138 valence electrons. The molecule has 0 unspecified atom stereocenters. The highest BCUT2D eigenvalue weighted by Gasteiger charge is 2.26. The maximum absolute atomic E-state index is 12.7. The van der Waals surface area contributed by atoms with Crippen molar-refractivity contribution in [2.75, 3.05) is 6.54 Å². The smallest absolute Gasteiger partial charge is 0.260 e. The third-order valence-corrected chi connectivity index (χ3v) is 4.79. The number of aromatic nitrogens is 3. The average molecular weight is 364 g/mol. The lowest BCUT2D eigenvalue weighted by atomic mass is 10.1. The molecular weight excluding hydrogens is 344 g/mol. The van der Waals surface area contributed by atoms with E-state index in [0.717, 1.165) is 11.3 Å². The van der Waals surface area contributed by atoms with Crippen molar-refractivity contribution < 1.29 is 9.90 Å². The van der Waals surface area contributed by atoms with Gasteiger partial charge in [-0.25, -0.2) is 0 Å². The summed E-state index contributed by atoms with van der Waals surface area (Å²) in [6, 6.07) is 14.4. The second kappa shape index (κ2) is 6.85. The zero-order valence-corrected chi connectivity index (χ0v) is 14.9. The Kier molecular flexibility index (Phi) is 4.37. The Morgan fingerprint density at radius 2 is 1.96 bits per heavy atom. The van der Waals surface area contributed by atoms with Gasteiger partial charge in [0.05, 0.1) is 24.5 Å². The fourth-order valence-electron chi connectivity index (χ4n) is 3.31. The van der Waals surface area contributed by atoms with Crippen LogP contribution in [0.4, 0.5) is 0 Å². The van der Waals surface area contributed by atoms with E-state index in [1.807, 2.05) is 41.1 Å². The standard InChI is InChI=1S/C20H20N4O3/c1-13-7-8-16(19(26)21-13)20(27)23-9-10-24-15(12-23)11-17(22-24)18(25)14-5-3-2-4-6-14/h2-8,11,18,25H,9-10,12H2,1H3,(H,21,26)/t18-/m0/s1. The zero-order chi connectivity index (χ0) is 19.0. The molecule has 1 aliphatic rings. The molecule has 4 rings (SSSR count). The quantitative estimate of drug-likeness (QED) is 0.739. The normalized spacial score (nSPS) is 14.7. The maximum atomic E-state index is 12.7. The number of hydrogen-bond donors (Lipinski definition) is 2. The Morgan fingerprint density at radius 3 is 2.70 bits per heavy atom. The second-order valence-electron chi connectivity index (χ2n) is 6.71. The van der Waals surface area contributed by atoms with Gasteiger partial charge in [-0.05, 0) is 30.7 Å². The minimum absolute atomic E-state index is 0.137. The van der Waals surface area contributed by atoms with Crippen LogP contribution in [0.1, 0.15) is 39.1 Å². The van der Waals surface area contributed by atoms with Crippen LogP contribution in [0.2, 0.25) is 0 Å². The summed E-state index contributed by atoms with van der Waals surface area (Å²) in [6.45, 7) is 3.10. The van der Waals surface area contributed by atoms with Crippen LogP contribution in [-0.2, 0) is 13.1 Å². The zero-order valence-electron chi connectivity index (χ0n) is 14.9. The molecule has 0 saturated heterocycles. The van der Waals surface area contributed by atoms with Crippen molar-refractivity contribution in [1.82, 2.24) is 19.7 Å². The van der Waals surface area contributed by atoms with Crippen LogP contribution in [0.15, 0.2) is 53.3 Å². The van der Waals surface area contributed by atoms with Crippen molar-refractivity contribution in [2.24, 2.45) is 0 Å². The van der Waals surface area contributed by atoms with Gasteiger partial charge in [-0.1, -0.05) is 30.3 Å². The maximum Gasteiger partial charge on any atom is 0.260 e. The number of amides is 1. The van der Waals surface area contributed by atoms with E-state index in [1.165, 1.54) is 0 Å². The summed E-state index contributed by atoms with van der Waals surface area (Å²) in [7, 11) is 0. The molecule has 3 aromatic rings. The van der Waals surface area contributed by atoms with E-state index in [9.17, 15) is 14.7 Å². The van der Waals surface area contributed by atoms with Crippen molar-refractivity contribution in [2.45, 2.75) is 26.1 Å². The summed E-state index contributed by atoms with van der Waals surface area (Å²) in [5.74, 6) is -0.297. The largest absolute Gasteiger partial charge is 0.382 e. The molecule has 0 bridgehead atoms. The number of benzene rings is 1. The van der Waals surface area contributed by atoms with Gasteiger partial charge in [-0.15, -0.1) is 0 Å². The number of fused-ring (bicyclic) bond motifs is 1. The Bertz CT molecular complexity index is 1040. The van der Waals surface area contributed by atoms with E-state index in [1.54, 1.807) is 24.0 Å². The predicted molar refractivity (Wildman–Crippen MR) is 99.3 cm³/mol. The van der Waals surface area contributed by atoms with Crippen LogP contribution >= 0.6 is 0 Å². The molecule has 27 heavy (non-hydrogen) atoms. The number of carbonyl (C=O) groups is 1. The summed E-state index contributed by atoms with van der Waals surface area (Å²) in [6.07, 6.45) is -0.812. The van der Waals surface area contributed by atoms with Crippen LogP contribution in [0.3, 0.4) is 0 Å². The van der Waals surface area contributed by atoms with Crippen LogP contribution < -0.4 is 5.56 Å². The Balaban J connectivity index is 1.56. The fraction of sp³-hybridized carbons (Fsp3) is 0.250. The summed E-state index contributed by atoms with van der Waals surface area (Å²) < 4.78 is 1.81. The molecule has 1 atom stereocenters. The number of nitrogens with zero attached hydrogens (tertiary/aromatic N) is 3. The van der Waals surface area contributed by atoms with Gasteiger partial charge in [-0.3, -0.25) is 14.3 Å². The number of carbonyl (C=O) groups excluding carboxylic acids is 1. The highest BCUT2D eigenvalue weighted by Crippen LogP contribution is 2.24. The van der Waals surface area contributed by atoms with Gasteiger partial charge in [0.2, 0.25) is 0 Å². The van der Waals surface area contributed by atoms with Crippen molar-refractivity contribution >= 4 is 5.91 Å². The molecule has 1 amide bonds. The molecule has 2 N–H and O–H groups in total. The lowest BCUT2D eigenvalue weighted by Crippen LogP contribution is -2.40. The van der Waals surface area contributed by atoms with Gasteiger partial charge in [-0.2, -0.15) is 5.10 Å². The highest BCUT2D eigenvalue weighted by atomic mass is 16.3. The second-order valence-corrected chi connectivity index (χ2v) is 6.71. The van der Waals surface area contributed by atoms with Crippen LogP contribution in [0.25, 0.3) is 0 Å². The lowest BCUT2D eigenvalue weighted by molar-refractivity contribution is 0.0704. The Morgan fingerprint density at radius 1 is 1.19 bits per heavy atom. The first-order valence-electron chi connectivity index (χ1n) is 8.82. The molecule has 0 aliphatic carbocycles. The number of rotatable bonds is 3. The first-order valence-corrected chi connectivity index (χ1v) is 8.82. The molecule has 0 saturated carbocycles. The van der Waals surface area contributed by atoms with E-state index in [2.05, 4.69) is 10.1 Å². The fourth-order valence-corrected chi connectivity index (χ4v) is 3.31. The predicted octanol–water partition coefficient (Wildman–Crippen LogP) is 1.62. The number of aliphatic hydroxyl groups excluding tert-OH is 1. The summed E-state index contributed by atoms with van der Waals surface area (Å²) in [4.78, 5) is 29.1. The van der Waals surface area contributed by atoms with Gasteiger partial charge < -0.3 is 15.0 Å². The van der Waals surface area contributed by atoms with Gasteiger partial charge in [0, 0.05) is 12.2 Å². The number of aliphatic hydroxyl groups is 1. The van der Waals surface area contributed by atoms with Crippen LogP contribution in [0.5, 0.6) is 0 Å². The first kappa shape index (κ1) is 17.2. The van der Waals surface area contributed by atoms with Crippen LogP contribution in [0, 0.1) is 6.92 Å². The molecular formula is C20H20N4O3. The molecule has 3 heterocycles. The Hall–Kier alpha value is -3.19. The number of pyridine rings is 1. The molecule has 1 aliphatic heterocycles. The van der Waals surface area contributed by atoms with E-state index in [-0.39, 0.29) is 17.0 Å². The SMILES string of the molecule is Cc1ccc(C(=O)N2CCn3nc([C@@H](O)c4ccccc4)cc3C2)c(=O)[nH]1. The molecule has 0 fully saturated rings. The van der Waals surface area contributed by atoms with E-state index < -0.39 is 6.10 Å². The number of H-pyrrole nitrogens is 1. The van der Waals surface area contributed by atoms with Crippen LogP contribution in [-0.4, -0.2) is 37.2 Å². The number of aromatic amines is 1. The topological polar surface area (TPSA) is 91.2 Å². The summed E-state index contributed by atoms with van der Waals surface area (Å²) in [5, 5.41) is 15.0. The lowest BCUT2D eigenvalue weighted by Gasteiger charge is -2.27. The van der Waals surface area contributed by atoms with Crippen molar-refractivity contribution in [3.8, 4) is 0 Å². The third-order valence-electron chi connectivity index (χ3n) is 4.79. The molecule has 0 spiro atoms. The molecule has 2 aromatic heterocycles. The van der Waals surface area contributed by atoms with Gasteiger partial charge in [0.1, 0.15) is 11.7 Å². The van der Waals surface area contributed by atoms with Crippen molar-refractivity contribution in [3.05, 3.63) is 87.1 Å². The average Bonchev–Trinajstić information content (AvgIpc) is 3.11. The third kappa shape index (κ3) is 3.29. The highest BCUT2D eigenvalue weighted by molar-refractivity contribution is 5.93.